The van der Waals surface area contributed by atoms with Crippen molar-refractivity contribution in [2.24, 2.45) is 7.05 Å². The molecule has 2 N–H and O–H groups in total. The summed E-state index contributed by atoms with van der Waals surface area (Å²) < 4.78 is 2.14. The highest BCUT2D eigenvalue weighted by molar-refractivity contribution is 9.10. The number of phenolic OH excluding ortho intramolecular Hbond substituents is 1. The number of nitrogens with zero attached hydrogens (tertiary/aromatic N) is 2. The second kappa shape index (κ2) is 4.58. The van der Waals surface area contributed by atoms with Crippen molar-refractivity contribution in [2.45, 2.75) is 0 Å². The number of carbonyl (C=O) groups is 1. The maximum atomic E-state index is 11.8. The van der Waals surface area contributed by atoms with Crippen molar-refractivity contribution < 1.29 is 9.90 Å². The molecule has 0 aliphatic heterocycles. The molecule has 0 bridgehead atoms. The summed E-state index contributed by atoms with van der Waals surface area (Å²) in [4.78, 5) is 11.8. The van der Waals surface area contributed by atoms with E-state index in [1.165, 1.54) is 6.07 Å². The fourth-order valence-electron chi connectivity index (χ4n) is 1.32. The standard InChI is InChI=1S/C11H10BrN3O2/c1-15-5-4-10(14-15)13-11(17)7-2-3-8(12)9(16)6-7/h2-6,16H,1H3,(H,13,14,17). The average molecular weight is 296 g/mol. The van der Waals surface area contributed by atoms with Crippen LogP contribution in [0.2, 0.25) is 0 Å². The summed E-state index contributed by atoms with van der Waals surface area (Å²) in [6, 6.07) is 6.31. The van der Waals surface area contributed by atoms with E-state index in [1.54, 1.807) is 36.1 Å². The molecule has 1 heterocycles. The Bertz CT molecular complexity index is 566. The number of hydrogen-bond acceptors (Lipinski definition) is 3. The Morgan fingerprint density at radius 3 is 2.82 bits per heavy atom. The number of benzene rings is 1. The maximum absolute atomic E-state index is 11.8. The monoisotopic (exact) mass is 295 g/mol. The highest BCUT2D eigenvalue weighted by atomic mass is 79.9. The van der Waals surface area contributed by atoms with Crippen LogP contribution in [0.4, 0.5) is 5.82 Å². The molecule has 0 aliphatic carbocycles. The number of aromatic hydroxyl groups is 1. The summed E-state index contributed by atoms with van der Waals surface area (Å²) in [6.45, 7) is 0. The molecule has 17 heavy (non-hydrogen) atoms. The van der Waals surface area contributed by atoms with E-state index < -0.39 is 0 Å². The minimum absolute atomic E-state index is 0.0265. The molecule has 1 amide bonds. The number of anilines is 1. The van der Waals surface area contributed by atoms with Gasteiger partial charge in [-0.05, 0) is 34.1 Å². The zero-order valence-corrected chi connectivity index (χ0v) is 10.6. The predicted octanol–water partition coefficient (Wildman–Crippen LogP) is 2.14. The normalized spacial score (nSPS) is 10.2. The second-order valence-electron chi connectivity index (χ2n) is 3.49. The van der Waals surface area contributed by atoms with Gasteiger partial charge in [0.05, 0.1) is 4.47 Å². The Morgan fingerprint density at radius 1 is 1.47 bits per heavy atom. The zero-order chi connectivity index (χ0) is 12.4. The molecule has 5 nitrogen and oxygen atoms in total. The van der Waals surface area contributed by atoms with Crippen LogP contribution in [0.3, 0.4) is 0 Å². The summed E-state index contributed by atoms with van der Waals surface area (Å²) >= 11 is 3.15. The first-order valence-electron chi connectivity index (χ1n) is 4.86. The number of phenols is 1. The fraction of sp³-hybridized carbons (Fsp3) is 0.0909. The molecule has 1 aromatic carbocycles. The van der Waals surface area contributed by atoms with Crippen LogP contribution in [0.1, 0.15) is 10.4 Å². The fourth-order valence-corrected chi connectivity index (χ4v) is 1.57. The van der Waals surface area contributed by atoms with Gasteiger partial charge in [0.1, 0.15) is 5.75 Å². The van der Waals surface area contributed by atoms with Gasteiger partial charge in [0, 0.05) is 24.9 Å². The summed E-state index contributed by atoms with van der Waals surface area (Å²) in [5.41, 5.74) is 0.372. The van der Waals surface area contributed by atoms with Gasteiger partial charge >= 0.3 is 0 Å². The maximum Gasteiger partial charge on any atom is 0.256 e. The van der Waals surface area contributed by atoms with Gasteiger partial charge in [-0.1, -0.05) is 0 Å². The molecule has 0 fully saturated rings. The zero-order valence-electron chi connectivity index (χ0n) is 9.01. The van der Waals surface area contributed by atoms with E-state index in [4.69, 9.17) is 0 Å². The number of hydrogen-bond donors (Lipinski definition) is 2. The molecule has 6 heteroatoms. The molecule has 0 spiro atoms. The van der Waals surface area contributed by atoms with Crippen molar-refractivity contribution in [1.29, 1.82) is 0 Å². The van der Waals surface area contributed by atoms with E-state index in [-0.39, 0.29) is 11.7 Å². The minimum Gasteiger partial charge on any atom is -0.507 e. The van der Waals surface area contributed by atoms with Crippen LogP contribution < -0.4 is 5.32 Å². The van der Waals surface area contributed by atoms with Gasteiger partial charge in [0.2, 0.25) is 0 Å². The summed E-state index contributed by atoms with van der Waals surface area (Å²) in [5, 5.41) is 16.1. The van der Waals surface area contributed by atoms with Crippen molar-refractivity contribution in [1.82, 2.24) is 9.78 Å². The molecule has 1 aromatic heterocycles. The highest BCUT2D eigenvalue weighted by Crippen LogP contribution is 2.24. The molecule has 0 atom stereocenters. The van der Waals surface area contributed by atoms with Gasteiger partial charge in [-0.15, -0.1) is 0 Å². The molecule has 0 radical (unpaired) electrons. The number of aryl methyl sites for hydroxylation is 1. The largest absolute Gasteiger partial charge is 0.507 e. The molecule has 0 saturated heterocycles. The van der Waals surface area contributed by atoms with Crippen LogP contribution >= 0.6 is 15.9 Å². The van der Waals surface area contributed by atoms with Crippen LogP contribution in [-0.4, -0.2) is 20.8 Å². The molecule has 0 aliphatic rings. The first-order chi connectivity index (χ1) is 8.06. The lowest BCUT2D eigenvalue weighted by atomic mass is 10.2. The van der Waals surface area contributed by atoms with E-state index in [2.05, 4.69) is 26.3 Å². The smallest absolute Gasteiger partial charge is 0.256 e. The summed E-state index contributed by atoms with van der Waals surface area (Å²) in [5.74, 6) is 0.185. The number of halogens is 1. The molecule has 88 valence electrons. The summed E-state index contributed by atoms with van der Waals surface area (Å²) in [7, 11) is 1.76. The van der Waals surface area contributed by atoms with Crippen molar-refractivity contribution in [3.05, 3.63) is 40.5 Å². The molecule has 0 saturated carbocycles. The number of carbonyl (C=O) groups excluding carboxylic acids is 1. The van der Waals surface area contributed by atoms with Crippen molar-refractivity contribution in [3.8, 4) is 5.75 Å². The average Bonchev–Trinajstić information content (AvgIpc) is 2.68. The van der Waals surface area contributed by atoms with E-state index in [9.17, 15) is 9.90 Å². The lowest BCUT2D eigenvalue weighted by molar-refractivity contribution is 0.102. The topological polar surface area (TPSA) is 67.2 Å². The molecule has 2 aromatic rings. The van der Waals surface area contributed by atoms with Crippen molar-refractivity contribution in [2.75, 3.05) is 5.32 Å². The van der Waals surface area contributed by atoms with Gasteiger partial charge in [0.25, 0.3) is 5.91 Å². The number of amides is 1. The minimum atomic E-state index is -0.313. The van der Waals surface area contributed by atoms with Gasteiger partial charge in [-0.3, -0.25) is 9.48 Å². The van der Waals surface area contributed by atoms with E-state index >= 15 is 0 Å². The summed E-state index contributed by atoms with van der Waals surface area (Å²) in [6.07, 6.45) is 1.73. The quantitative estimate of drug-likeness (QED) is 0.892. The number of rotatable bonds is 2. The Morgan fingerprint density at radius 2 is 2.24 bits per heavy atom. The number of nitrogens with one attached hydrogen (secondary N) is 1. The van der Waals surface area contributed by atoms with Crippen LogP contribution in [0.25, 0.3) is 0 Å². The van der Waals surface area contributed by atoms with E-state index in [1.807, 2.05) is 0 Å². The Kier molecular flexibility index (Phi) is 3.14. The second-order valence-corrected chi connectivity index (χ2v) is 4.35. The van der Waals surface area contributed by atoms with Crippen molar-refractivity contribution in [3.63, 3.8) is 0 Å². The number of aromatic nitrogens is 2. The van der Waals surface area contributed by atoms with E-state index in [0.717, 1.165) is 0 Å². The van der Waals surface area contributed by atoms with Crippen LogP contribution in [0.5, 0.6) is 5.75 Å². The SMILES string of the molecule is Cn1ccc(NC(=O)c2ccc(Br)c(O)c2)n1. The van der Waals surface area contributed by atoms with Crippen LogP contribution in [0, 0.1) is 0 Å². The first kappa shape index (κ1) is 11.7. The third kappa shape index (κ3) is 2.65. The third-order valence-corrected chi connectivity index (χ3v) is 2.83. The Balaban J connectivity index is 2.17. The van der Waals surface area contributed by atoms with Gasteiger partial charge in [-0.2, -0.15) is 5.10 Å². The van der Waals surface area contributed by atoms with Crippen LogP contribution in [0.15, 0.2) is 34.9 Å². The molecule has 0 unspecified atom stereocenters. The van der Waals surface area contributed by atoms with Crippen LogP contribution in [-0.2, 0) is 7.05 Å². The van der Waals surface area contributed by atoms with E-state index in [0.29, 0.717) is 15.9 Å². The lowest BCUT2D eigenvalue weighted by Gasteiger charge is -2.03. The van der Waals surface area contributed by atoms with Gasteiger partial charge in [0.15, 0.2) is 5.82 Å². The van der Waals surface area contributed by atoms with Gasteiger partial charge < -0.3 is 10.4 Å². The first-order valence-corrected chi connectivity index (χ1v) is 5.65. The Hall–Kier alpha value is -1.82. The third-order valence-electron chi connectivity index (χ3n) is 2.16. The van der Waals surface area contributed by atoms with Crippen molar-refractivity contribution >= 4 is 27.7 Å². The molecular formula is C11H10BrN3O2. The predicted molar refractivity (Wildman–Crippen MR) is 67.0 cm³/mol. The van der Waals surface area contributed by atoms with Gasteiger partial charge in [-0.25, -0.2) is 0 Å². The molecular weight excluding hydrogens is 286 g/mol. The molecule has 2 rings (SSSR count). The Labute approximate surface area is 106 Å². The highest BCUT2D eigenvalue weighted by Gasteiger charge is 2.09. The lowest BCUT2D eigenvalue weighted by Crippen LogP contribution is -2.12.